The molecule has 7 heteroatoms. The maximum Gasteiger partial charge on any atom is 0.251 e. The van der Waals surface area contributed by atoms with Crippen LogP contribution in [0.2, 0.25) is 5.15 Å². The number of aromatic nitrogens is 1. The normalized spacial score (nSPS) is 22.9. The van der Waals surface area contributed by atoms with Gasteiger partial charge in [0.25, 0.3) is 5.91 Å². The lowest BCUT2D eigenvalue weighted by atomic mass is 10.1. The molecular weight excluding hydrogens is 280 g/mol. The lowest BCUT2D eigenvalue weighted by molar-refractivity contribution is 0.0818. The highest BCUT2D eigenvalue weighted by Crippen LogP contribution is 2.19. The van der Waals surface area contributed by atoms with E-state index in [2.05, 4.69) is 15.7 Å². The Labute approximate surface area is 122 Å². The fourth-order valence-electron chi connectivity index (χ4n) is 2.41. The second-order valence-electron chi connectivity index (χ2n) is 4.99. The van der Waals surface area contributed by atoms with Crippen LogP contribution in [-0.2, 0) is 0 Å². The van der Waals surface area contributed by atoms with Gasteiger partial charge in [0, 0.05) is 5.56 Å². The van der Waals surface area contributed by atoms with Gasteiger partial charge in [-0.3, -0.25) is 4.79 Å². The number of hydrogen-bond donors (Lipinski definition) is 4. The molecule has 5 N–H and O–H groups in total. The van der Waals surface area contributed by atoms with Crippen molar-refractivity contribution in [1.29, 1.82) is 0 Å². The number of nitrogens with one attached hydrogen (secondary N) is 2. The maximum atomic E-state index is 12.2. The van der Waals surface area contributed by atoms with Gasteiger partial charge in [0.2, 0.25) is 0 Å². The number of hydrogen-bond acceptors (Lipinski definition) is 5. The van der Waals surface area contributed by atoms with Gasteiger partial charge in [-0.15, -0.1) is 0 Å². The number of rotatable bonds is 3. The number of hydrazine groups is 1. The summed E-state index contributed by atoms with van der Waals surface area (Å²) in [6, 6.07) is 2.77. The third-order valence-corrected chi connectivity index (χ3v) is 3.69. The molecule has 1 aromatic rings. The quantitative estimate of drug-likeness (QED) is 0.293. The van der Waals surface area contributed by atoms with Crippen LogP contribution in [-0.4, -0.2) is 28.1 Å². The maximum absolute atomic E-state index is 12.2. The molecule has 20 heavy (non-hydrogen) atoms. The molecule has 0 saturated heterocycles. The number of anilines is 1. The Morgan fingerprint density at radius 2 is 2.10 bits per heavy atom. The van der Waals surface area contributed by atoms with E-state index in [-0.39, 0.29) is 17.1 Å². The van der Waals surface area contributed by atoms with E-state index in [9.17, 15) is 9.90 Å². The van der Waals surface area contributed by atoms with Crippen molar-refractivity contribution < 1.29 is 9.90 Å². The average Bonchev–Trinajstić information content (AvgIpc) is 2.63. The molecule has 1 aliphatic rings. The van der Waals surface area contributed by atoms with Crippen LogP contribution < -0.4 is 16.6 Å². The van der Waals surface area contributed by atoms with Gasteiger partial charge in [0.15, 0.2) is 0 Å². The lowest BCUT2D eigenvalue weighted by Crippen LogP contribution is -2.42. The van der Waals surface area contributed by atoms with Crippen LogP contribution in [0.1, 0.15) is 42.5 Å². The predicted octanol–water partition coefficient (Wildman–Crippen LogP) is 1.44. The number of amides is 1. The van der Waals surface area contributed by atoms with Crippen molar-refractivity contribution in [3.05, 3.63) is 22.8 Å². The molecule has 110 valence electrons. The van der Waals surface area contributed by atoms with Gasteiger partial charge in [0.1, 0.15) is 11.0 Å². The zero-order valence-electron chi connectivity index (χ0n) is 11.1. The zero-order valence-corrected chi connectivity index (χ0v) is 11.9. The van der Waals surface area contributed by atoms with Gasteiger partial charge in [0.05, 0.1) is 12.1 Å². The molecular formula is C13H19ClN4O2. The van der Waals surface area contributed by atoms with Crippen molar-refractivity contribution in [2.24, 2.45) is 5.84 Å². The molecule has 2 atom stereocenters. The second-order valence-corrected chi connectivity index (χ2v) is 5.38. The lowest BCUT2D eigenvalue weighted by Gasteiger charge is -2.21. The van der Waals surface area contributed by atoms with Crippen LogP contribution in [0.5, 0.6) is 0 Å². The van der Waals surface area contributed by atoms with Gasteiger partial charge in [-0.25, -0.2) is 10.8 Å². The summed E-state index contributed by atoms with van der Waals surface area (Å²) in [5, 5.41) is 13.1. The standard InChI is InChI=1S/C13H19ClN4O2/c14-11-6-8(7-12(17-11)18-15)13(20)16-9-4-2-1-3-5-10(9)19/h6-7,9-10,19H,1-5,15H2,(H,16,20)(H,17,18). The molecule has 6 nitrogen and oxygen atoms in total. The van der Waals surface area contributed by atoms with Crippen LogP contribution in [0.3, 0.4) is 0 Å². The van der Waals surface area contributed by atoms with E-state index in [1.165, 1.54) is 12.1 Å². The van der Waals surface area contributed by atoms with Crippen molar-refractivity contribution in [3.63, 3.8) is 0 Å². The number of aliphatic hydroxyl groups is 1. The van der Waals surface area contributed by atoms with E-state index < -0.39 is 6.10 Å². The molecule has 0 aromatic carbocycles. The summed E-state index contributed by atoms with van der Waals surface area (Å²) in [6.45, 7) is 0. The van der Waals surface area contributed by atoms with Crippen molar-refractivity contribution >= 4 is 23.3 Å². The molecule has 0 aliphatic heterocycles. The van der Waals surface area contributed by atoms with Gasteiger partial charge in [-0.05, 0) is 25.0 Å². The second kappa shape index (κ2) is 6.88. The summed E-state index contributed by atoms with van der Waals surface area (Å²) in [6.07, 6.45) is 4.10. The smallest absolute Gasteiger partial charge is 0.251 e. The molecule has 0 radical (unpaired) electrons. The molecule has 2 unspecified atom stereocenters. The molecule has 2 rings (SSSR count). The first-order valence-electron chi connectivity index (χ1n) is 6.73. The first kappa shape index (κ1) is 15.0. The first-order valence-corrected chi connectivity index (χ1v) is 7.11. The van der Waals surface area contributed by atoms with E-state index in [0.29, 0.717) is 11.4 Å². The van der Waals surface area contributed by atoms with E-state index in [1.807, 2.05) is 0 Å². The van der Waals surface area contributed by atoms with Gasteiger partial charge < -0.3 is 15.8 Å². The topological polar surface area (TPSA) is 100 Å². The van der Waals surface area contributed by atoms with E-state index in [4.69, 9.17) is 17.4 Å². The van der Waals surface area contributed by atoms with Gasteiger partial charge in [-0.2, -0.15) is 0 Å². The predicted molar refractivity (Wildman–Crippen MR) is 77.4 cm³/mol. The number of pyridine rings is 1. The number of nitrogens with two attached hydrogens (primary N) is 1. The molecule has 1 amide bonds. The van der Waals surface area contributed by atoms with Crippen molar-refractivity contribution in [3.8, 4) is 0 Å². The summed E-state index contributed by atoms with van der Waals surface area (Å²) in [4.78, 5) is 16.1. The summed E-state index contributed by atoms with van der Waals surface area (Å²) >= 11 is 5.83. The Bertz CT molecular complexity index is 483. The first-order chi connectivity index (χ1) is 9.60. The largest absolute Gasteiger partial charge is 0.391 e. The van der Waals surface area contributed by atoms with Crippen molar-refractivity contribution in [1.82, 2.24) is 10.3 Å². The van der Waals surface area contributed by atoms with E-state index >= 15 is 0 Å². The van der Waals surface area contributed by atoms with Crippen LogP contribution in [0, 0.1) is 0 Å². The van der Waals surface area contributed by atoms with E-state index in [0.717, 1.165) is 32.1 Å². The average molecular weight is 299 g/mol. The number of nitrogen functional groups attached to an aromatic ring is 1. The van der Waals surface area contributed by atoms with Crippen LogP contribution in [0.25, 0.3) is 0 Å². The fourth-order valence-corrected chi connectivity index (χ4v) is 2.62. The van der Waals surface area contributed by atoms with Crippen LogP contribution in [0.4, 0.5) is 5.82 Å². The third-order valence-electron chi connectivity index (χ3n) is 3.50. The monoisotopic (exact) mass is 298 g/mol. The number of nitrogens with zero attached hydrogens (tertiary/aromatic N) is 1. The minimum absolute atomic E-state index is 0.187. The highest BCUT2D eigenvalue weighted by Gasteiger charge is 2.23. The minimum atomic E-state index is -0.495. The van der Waals surface area contributed by atoms with Crippen LogP contribution in [0.15, 0.2) is 12.1 Å². The highest BCUT2D eigenvalue weighted by atomic mass is 35.5. The SMILES string of the molecule is NNc1cc(C(=O)NC2CCCCCC2O)cc(Cl)n1. The Morgan fingerprint density at radius 3 is 2.85 bits per heavy atom. The van der Waals surface area contributed by atoms with Crippen LogP contribution >= 0.6 is 11.6 Å². The van der Waals surface area contributed by atoms with Gasteiger partial charge >= 0.3 is 0 Å². The number of halogens is 1. The molecule has 1 fully saturated rings. The molecule has 1 aliphatic carbocycles. The van der Waals surface area contributed by atoms with Crippen molar-refractivity contribution in [2.45, 2.75) is 44.2 Å². The summed E-state index contributed by atoms with van der Waals surface area (Å²) in [5.41, 5.74) is 2.73. The Balaban J connectivity index is 2.09. The number of carbonyl (C=O) groups is 1. The summed E-state index contributed by atoms with van der Waals surface area (Å²) < 4.78 is 0. The Kier molecular flexibility index (Phi) is 5.17. The van der Waals surface area contributed by atoms with Gasteiger partial charge in [-0.1, -0.05) is 30.9 Å². The molecule has 0 bridgehead atoms. The molecule has 1 saturated carbocycles. The number of carbonyl (C=O) groups excluding carboxylic acids is 1. The molecule has 0 spiro atoms. The minimum Gasteiger partial charge on any atom is -0.391 e. The van der Waals surface area contributed by atoms with Crippen molar-refractivity contribution in [2.75, 3.05) is 5.43 Å². The third kappa shape index (κ3) is 3.82. The molecule has 1 aromatic heterocycles. The Morgan fingerprint density at radius 1 is 1.35 bits per heavy atom. The highest BCUT2D eigenvalue weighted by molar-refractivity contribution is 6.29. The summed E-state index contributed by atoms with van der Waals surface area (Å²) in [5.74, 6) is 5.31. The molecule has 1 heterocycles. The fraction of sp³-hybridized carbons (Fsp3) is 0.538. The van der Waals surface area contributed by atoms with E-state index in [1.54, 1.807) is 0 Å². The summed E-state index contributed by atoms with van der Waals surface area (Å²) in [7, 11) is 0. The zero-order chi connectivity index (χ0) is 14.5. The Hall–Kier alpha value is -1.37. The number of aliphatic hydroxyl groups excluding tert-OH is 1.